The zero-order chi connectivity index (χ0) is 17.0. The maximum absolute atomic E-state index is 12.2. The van der Waals surface area contributed by atoms with Gasteiger partial charge in [0.1, 0.15) is 5.82 Å². The van der Waals surface area contributed by atoms with Crippen LogP contribution in [0.2, 0.25) is 0 Å². The minimum Gasteiger partial charge on any atom is -0.383 e. The number of ketones is 1. The Morgan fingerprint density at radius 1 is 1.30 bits per heavy atom. The summed E-state index contributed by atoms with van der Waals surface area (Å²) in [6, 6.07) is 7.78. The van der Waals surface area contributed by atoms with Gasteiger partial charge in [0, 0.05) is 17.3 Å². The fourth-order valence-corrected chi connectivity index (χ4v) is 2.58. The molecule has 0 aliphatic heterocycles. The number of benzene rings is 1. The third-order valence-corrected chi connectivity index (χ3v) is 3.94. The van der Waals surface area contributed by atoms with Gasteiger partial charge in [-0.25, -0.2) is 4.98 Å². The maximum atomic E-state index is 12.2. The van der Waals surface area contributed by atoms with E-state index in [1.54, 1.807) is 31.2 Å². The molecule has 0 unspecified atom stereocenters. The number of nitrogens with two attached hydrogens (primary N) is 1. The summed E-state index contributed by atoms with van der Waals surface area (Å²) < 4.78 is 0. The number of nitrogens with zero attached hydrogens (tertiary/aromatic N) is 1. The molecule has 0 bridgehead atoms. The number of amides is 1. The first-order chi connectivity index (χ1) is 10.8. The average molecular weight is 332 g/mol. The standard InChI is InChI=1S/C15H16N4O3S/c1-8(20)10-3-5-11(6-4-10)17-14(22)9(2)23-15-18-12(16)7-13(21)19-15/h3-7,9H,1-2H3,(H,17,22)(H3,16,18,19,21)/t9-/m0/s1. The molecule has 7 nitrogen and oxygen atoms in total. The van der Waals surface area contributed by atoms with Crippen molar-refractivity contribution in [2.45, 2.75) is 24.3 Å². The van der Waals surface area contributed by atoms with Crippen LogP contribution in [0.5, 0.6) is 0 Å². The number of aromatic amines is 1. The Bertz CT molecular complexity index is 786. The lowest BCUT2D eigenvalue weighted by Gasteiger charge is -2.11. The van der Waals surface area contributed by atoms with Crippen LogP contribution in [0, 0.1) is 0 Å². The largest absolute Gasteiger partial charge is 0.383 e. The van der Waals surface area contributed by atoms with E-state index in [0.29, 0.717) is 11.3 Å². The molecule has 23 heavy (non-hydrogen) atoms. The number of carbonyl (C=O) groups is 2. The van der Waals surface area contributed by atoms with Gasteiger partial charge in [0.2, 0.25) is 5.91 Å². The van der Waals surface area contributed by atoms with Crippen molar-refractivity contribution < 1.29 is 9.59 Å². The van der Waals surface area contributed by atoms with Crippen LogP contribution in [-0.4, -0.2) is 26.9 Å². The van der Waals surface area contributed by atoms with Crippen LogP contribution in [0.25, 0.3) is 0 Å². The molecule has 0 spiro atoms. The number of nitrogens with one attached hydrogen (secondary N) is 2. The van der Waals surface area contributed by atoms with E-state index in [1.165, 1.54) is 13.0 Å². The van der Waals surface area contributed by atoms with E-state index in [4.69, 9.17) is 5.73 Å². The lowest BCUT2D eigenvalue weighted by Crippen LogP contribution is -2.23. The van der Waals surface area contributed by atoms with Gasteiger partial charge in [-0.1, -0.05) is 11.8 Å². The molecule has 1 aromatic carbocycles. The summed E-state index contributed by atoms with van der Waals surface area (Å²) in [5.41, 5.74) is 6.29. The molecule has 0 fully saturated rings. The van der Waals surface area contributed by atoms with Gasteiger partial charge in [0.25, 0.3) is 5.56 Å². The fourth-order valence-electron chi connectivity index (χ4n) is 1.76. The third kappa shape index (κ3) is 4.68. The van der Waals surface area contributed by atoms with Crippen molar-refractivity contribution in [3.05, 3.63) is 46.2 Å². The van der Waals surface area contributed by atoms with Crippen molar-refractivity contribution >= 4 is 35.0 Å². The average Bonchev–Trinajstić information content (AvgIpc) is 2.46. The highest BCUT2D eigenvalue weighted by Crippen LogP contribution is 2.20. The van der Waals surface area contributed by atoms with Crippen LogP contribution in [0.4, 0.5) is 11.5 Å². The van der Waals surface area contributed by atoms with E-state index >= 15 is 0 Å². The van der Waals surface area contributed by atoms with Gasteiger partial charge in [0.05, 0.1) is 5.25 Å². The number of Topliss-reactive ketones (excluding diaryl/α,β-unsaturated/α-hetero) is 1. The molecule has 0 saturated carbocycles. The second-order valence-corrected chi connectivity index (χ2v) is 6.19. The van der Waals surface area contributed by atoms with Gasteiger partial charge >= 0.3 is 0 Å². The Labute approximate surface area is 136 Å². The SMILES string of the molecule is CC(=O)c1ccc(NC(=O)[C@H](C)Sc2nc(N)cc(=O)[nH]2)cc1. The van der Waals surface area contributed by atoms with Crippen molar-refractivity contribution in [2.24, 2.45) is 0 Å². The highest BCUT2D eigenvalue weighted by molar-refractivity contribution is 8.00. The van der Waals surface area contributed by atoms with Crippen LogP contribution in [0.15, 0.2) is 40.3 Å². The van der Waals surface area contributed by atoms with Gasteiger partial charge < -0.3 is 16.0 Å². The maximum Gasteiger partial charge on any atom is 0.253 e. The van der Waals surface area contributed by atoms with Crippen LogP contribution >= 0.6 is 11.8 Å². The van der Waals surface area contributed by atoms with Crippen molar-refractivity contribution in [1.82, 2.24) is 9.97 Å². The minimum atomic E-state index is -0.493. The zero-order valence-corrected chi connectivity index (χ0v) is 13.4. The Hall–Kier alpha value is -2.61. The van der Waals surface area contributed by atoms with E-state index in [1.807, 2.05) is 0 Å². The fraction of sp³-hybridized carbons (Fsp3) is 0.200. The summed E-state index contributed by atoms with van der Waals surface area (Å²) in [4.78, 5) is 41.2. The first-order valence-electron chi connectivity index (χ1n) is 6.80. The summed E-state index contributed by atoms with van der Waals surface area (Å²) in [6.07, 6.45) is 0. The van der Waals surface area contributed by atoms with Crippen molar-refractivity contribution in [3.63, 3.8) is 0 Å². The Kier molecular flexibility index (Phi) is 5.17. The lowest BCUT2D eigenvalue weighted by molar-refractivity contribution is -0.115. The number of nitrogen functional groups attached to an aromatic ring is 1. The summed E-state index contributed by atoms with van der Waals surface area (Å²) in [5, 5.41) is 2.52. The molecule has 0 saturated heterocycles. The number of hydrogen-bond acceptors (Lipinski definition) is 6. The van der Waals surface area contributed by atoms with Gasteiger partial charge in [0.15, 0.2) is 10.9 Å². The number of carbonyl (C=O) groups excluding carboxylic acids is 2. The number of anilines is 2. The zero-order valence-electron chi connectivity index (χ0n) is 12.6. The number of hydrogen-bond donors (Lipinski definition) is 3. The molecule has 1 amide bonds. The molecule has 8 heteroatoms. The summed E-state index contributed by atoms with van der Waals surface area (Å²) >= 11 is 1.09. The van der Waals surface area contributed by atoms with Crippen molar-refractivity contribution in [2.75, 3.05) is 11.1 Å². The molecule has 2 aromatic rings. The first-order valence-corrected chi connectivity index (χ1v) is 7.68. The van der Waals surface area contributed by atoms with Gasteiger partial charge in [-0.2, -0.15) is 0 Å². The predicted molar refractivity (Wildman–Crippen MR) is 89.7 cm³/mol. The summed E-state index contributed by atoms with van der Waals surface area (Å²) in [5.74, 6) is -0.192. The Balaban J connectivity index is 2.02. The molecule has 0 radical (unpaired) electrons. The monoisotopic (exact) mass is 332 g/mol. The second-order valence-electron chi connectivity index (χ2n) is 4.86. The third-order valence-electron chi connectivity index (χ3n) is 2.96. The van der Waals surface area contributed by atoms with E-state index < -0.39 is 5.25 Å². The van der Waals surface area contributed by atoms with E-state index in [2.05, 4.69) is 15.3 Å². The van der Waals surface area contributed by atoms with E-state index in [-0.39, 0.29) is 28.2 Å². The Morgan fingerprint density at radius 3 is 2.52 bits per heavy atom. The van der Waals surface area contributed by atoms with Crippen LogP contribution in [0.3, 0.4) is 0 Å². The lowest BCUT2D eigenvalue weighted by atomic mass is 10.1. The van der Waals surface area contributed by atoms with Crippen LogP contribution < -0.4 is 16.6 Å². The number of aromatic nitrogens is 2. The second kappa shape index (κ2) is 7.10. The Morgan fingerprint density at radius 2 is 1.96 bits per heavy atom. The van der Waals surface area contributed by atoms with Gasteiger partial charge in [-0.15, -0.1) is 0 Å². The van der Waals surface area contributed by atoms with Crippen molar-refractivity contribution in [1.29, 1.82) is 0 Å². The topological polar surface area (TPSA) is 118 Å². The van der Waals surface area contributed by atoms with Crippen molar-refractivity contribution in [3.8, 4) is 0 Å². The highest BCUT2D eigenvalue weighted by atomic mass is 32.2. The smallest absolute Gasteiger partial charge is 0.253 e. The minimum absolute atomic E-state index is 0.0384. The highest BCUT2D eigenvalue weighted by Gasteiger charge is 2.16. The molecule has 1 aromatic heterocycles. The molecule has 1 heterocycles. The normalized spacial score (nSPS) is 11.7. The summed E-state index contributed by atoms with van der Waals surface area (Å²) in [7, 11) is 0. The molecule has 120 valence electrons. The number of rotatable bonds is 5. The predicted octanol–water partition coefficient (Wildman–Crippen LogP) is 1.67. The van der Waals surface area contributed by atoms with Gasteiger partial charge in [-0.3, -0.25) is 14.4 Å². The van der Waals surface area contributed by atoms with E-state index in [0.717, 1.165) is 11.8 Å². The van der Waals surface area contributed by atoms with Crippen LogP contribution in [-0.2, 0) is 4.79 Å². The molecule has 4 N–H and O–H groups in total. The summed E-state index contributed by atoms with van der Waals surface area (Å²) in [6.45, 7) is 3.17. The van der Waals surface area contributed by atoms with Crippen LogP contribution in [0.1, 0.15) is 24.2 Å². The first kappa shape index (κ1) is 16.8. The molecule has 2 rings (SSSR count). The molecular formula is C15H16N4O3S. The molecule has 0 aliphatic rings. The molecule has 0 aliphatic carbocycles. The molecular weight excluding hydrogens is 316 g/mol. The quantitative estimate of drug-likeness (QED) is 0.435. The number of H-pyrrole nitrogens is 1. The van der Waals surface area contributed by atoms with Gasteiger partial charge in [-0.05, 0) is 38.1 Å². The van der Waals surface area contributed by atoms with E-state index in [9.17, 15) is 14.4 Å². The molecule has 1 atom stereocenters. The number of thioether (sulfide) groups is 1.